The summed E-state index contributed by atoms with van der Waals surface area (Å²) in [6.45, 7) is 1.67. The molecule has 4 heteroatoms. The summed E-state index contributed by atoms with van der Waals surface area (Å²) >= 11 is 0. The van der Waals surface area contributed by atoms with Crippen molar-refractivity contribution in [1.29, 1.82) is 0 Å². The molecule has 0 fully saturated rings. The fourth-order valence-corrected chi connectivity index (χ4v) is 3.21. The lowest BCUT2D eigenvalue weighted by atomic mass is 10.1. The fourth-order valence-electron chi connectivity index (χ4n) is 2.07. The van der Waals surface area contributed by atoms with Crippen molar-refractivity contribution < 1.29 is 8.42 Å². The zero-order chi connectivity index (χ0) is 13.3. The quantitative estimate of drug-likeness (QED) is 0.854. The SMILES string of the molecule is CCS(=O)(=O)c1cccc2cccc(N(C)C)c12. The predicted octanol–water partition coefficient (Wildman–Crippen LogP) is 2.70. The Labute approximate surface area is 108 Å². The third kappa shape index (κ3) is 2.08. The summed E-state index contributed by atoms with van der Waals surface area (Å²) in [6.07, 6.45) is 0. The summed E-state index contributed by atoms with van der Waals surface area (Å²) in [5.41, 5.74) is 0.931. The molecule has 3 nitrogen and oxygen atoms in total. The number of rotatable bonds is 3. The van der Waals surface area contributed by atoms with Crippen LogP contribution in [0.3, 0.4) is 0 Å². The van der Waals surface area contributed by atoms with Crippen molar-refractivity contribution in [3.8, 4) is 0 Å². The van der Waals surface area contributed by atoms with E-state index in [0.29, 0.717) is 4.90 Å². The van der Waals surface area contributed by atoms with E-state index in [1.807, 2.05) is 43.3 Å². The normalized spacial score (nSPS) is 11.7. The highest BCUT2D eigenvalue weighted by molar-refractivity contribution is 7.91. The van der Waals surface area contributed by atoms with Crippen LogP contribution in [0.4, 0.5) is 5.69 Å². The van der Waals surface area contributed by atoms with Crippen LogP contribution in [0.1, 0.15) is 6.92 Å². The van der Waals surface area contributed by atoms with E-state index in [0.717, 1.165) is 16.5 Å². The van der Waals surface area contributed by atoms with E-state index >= 15 is 0 Å². The first-order chi connectivity index (χ1) is 8.47. The van der Waals surface area contributed by atoms with Gasteiger partial charge in [-0.3, -0.25) is 0 Å². The second-order valence-electron chi connectivity index (χ2n) is 4.43. The zero-order valence-electron chi connectivity index (χ0n) is 10.8. The lowest BCUT2D eigenvalue weighted by Gasteiger charge is -2.17. The van der Waals surface area contributed by atoms with Crippen molar-refractivity contribution in [1.82, 2.24) is 0 Å². The topological polar surface area (TPSA) is 37.4 Å². The Kier molecular flexibility index (Phi) is 3.30. The predicted molar refractivity (Wildman–Crippen MR) is 76.0 cm³/mol. The van der Waals surface area contributed by atoms with Crippen molar-refractivity contribution in [2.75, 3.05) is 24.7 Å². The van der Waals surface area contributed by atoms with Gasteiger partial charge in [-0.25, -0.2) is 8.42 Å². The van der Waals surface area contributed by atoms with Gasteiger partial charge in [0.15, 0.2) is 9.84 Å². The Morgan fingerprint density at radius 3 is 2.22 bits per heavy atom. The molecule has 0 atom stereocenters. The molecular formula is C14H17NO2S. The van der Waals surface area contributed by atoms with Crippen LogP contribution in [-0.2, 0) is 9.84 Å². The summed E-state index contributed by atoms with van der Waals surface area (Å²) in [7, 11) is 0.634. The number of hydrogen-bond donors (Lipinski definition) is 0. The summed E-state index contributed by atoms with van der Waals surface area (Å²) in [6, 6.07) is 11.3. The minimum Gasteiger partial charge on any atom is -0.377 e. The van der Waals surface area contributed by atoms with Crippen LogP contribution in [-0.4, -0.2) is 28.3 Å². The van der Waals surface area contributed by atoms with E-state index in [1.165, 1.54) is 0 Å². The van der Waals surface area contributed by atoms with Gasteiger partial charge >= 0.3 is 0 Å². The summed E-state index contributed by atoms with van der Waals surface area (Å²) in [5.74, 6) is 0.119. The van der Waals surface area contributed by atoms with Gasteiger partial charge in [-0.05, 0) is 17.5 Å². The Morgan fingerprint density at radius 1 is 1.06 bits per heavy atom. The Balaban J connectivity index is 2.91. The largest absolute Gasteiger partial charge is 0.377 e. The minimum atomic E-state index is -3.21. The van der Waals surface area contributed by atoms with E-state index in [9.17, 15) is 8.42 Å². The molecule has 0 aliphatic carbocycles. The lowest BCUT2D eigenvalue weighted by Crippen LogP contribution is -2.11. The third-order valence-corrected chi connectivity index (χ3v) is 4.81. The molecule has 0 saturated heterocycles. The van der Waals surface area contributed by atoms with Crippen molar-refractivity contribution >= 4 is 26.3 Å². The number of nitrogens with zero attached hydrogens (tertiary/aromatic N) is 1. The van der Waals surface area contributed by atoms with Crippen LogP contribution in [0.15, 0.2) is 41.3 Å². The van der Waals surface area contributed by atoms with Gasteiger partial charge in [0.25, 0.3) is 0 Å². The first kappa shape index (κ1) is 12.9. The molecule has 2 aromatic rings. The summed E-state index contributed by atoms with van der Waals surface area (Å²) in [5, 5.41) is 1.77. The first-order valence-electron chi connectivity index (χ1n) is 5.89. The van der Waals surface area contributed by atoms with Crippen LogP contribution in [0, 0.1) is 0 Å². The molecule has 0 aliphatic heterocycles. The van der Waals surface area contributed by atoms with Crippen LogP contribution >= 0.6 is 0 Å². The Bertz CT molecular complexity index is 670. The van der Waals surface area contributed by atoms with Gasteiger partial charge in [0, 0.05) is 25.2 Å². The monoisotopic (exact) mass is 263 g/mol. The van der Waals surface area contributed by atoms with Crippen molar-refractivity contribution in [2.24, 2.45) is 0 Å². The van der Waals surface area contributed by atoms with E-state index < -0.39 is 9.84 Å². The Morgan fingerprint density at radius 2 is 1.67 bits per heavy atom. The van der Waals surface area contributed by atoms with Gasteiger partial charge in [0.05, 0.1) is 10.6 Å². The molecule has 0 bridgehead atoms. The second kappa shape index (κ2) is 4.61. The maximum atomic E-state index is 12.2. The van der Waals surface area contributed by atoms with E-state index in [-0.39, 0.29) is 5.75 Å². The van der Waals surface area contributed by atoms with Gasteiger partial charge in [-0.15, -0.1) is 0 Å². The molecule has 0 aliphatic rings. The maximum absolute atomic E-state index is 12.2. The van der Waals surface area contributed by atoms with Gasteiger partial charge in [0.2, 0.25) is 0 Å². The highest BCUT2D eigenvalue weighted by Crippen LogP contribution is 2.31. The molecule has 0 unspecified atom stereocenters. The van der Waals surface area contributed by atoms with Gasteiger partial charge in [-0.2, -0.15) is 0 Å². The highest BCUT2D eigenvalue weighted by atomic mass is 32.2. The van der Waals surface area contributed by atoms with Gasteiger partial charge < -0.3 is 4.90 Å². The molecule has 2 rings (SSSR count). The van der Waals surface area contributed by atoms with Gasteiger partial charge in [0.1, 0.15) is 0 Å². The van der Waals surface area contributed by atoms with E-state index in [2.05, 4.69) is 0 Å². The zero-order valence-corrected chi connectivity index (χ0v) is 11.7. The molecule has 0 amide bonds. The van der Waals surface area contributed by atoms with Crippen LogP contribution in [0.25, 0.3) is 10.8 Å². The standard InChI is InChI=1S/C14H17NO2S/c1-4-18(16,17)13-10-6-8-11-7-5-9-12(14(11)13)15(2)3/h5-10H,4H2,1-3H3. The Hall–Kier alpha value is -1.55. The highest BCUT2D eigenvalue weighted by Gasteiger charge is 2.17. The molecule has 18 heavy (non-hydrogen) atoms. The number of benzene rings is 2. The molecule has 2 aromatic carbocycles. The minimum absolute atomic E-state index is 0.119. The molecule has 0 radical (unpaired) electrons. The van der Waals surface area contributed by atoms with Gasteiger partial charge in [-0.1, -0.05) is 31.2 Å². The molecule has 0 saturated carbocycles. The lowest BCUT2D eigenvalue weighted by molar-refractivity contribution is 0.598. The average molecular weight is 263 g/mol. The van der Waals surface area contributed by atoms with Crippen molar-refractivity contribution in [2.45, 2.75) is 11.8 Å². The van der Waals surface area contributed by atoms with Crippen LogP contribution < -0.4 is 4.90 Å². The molecule has 96 valence electrons. The molecule has 0 heterocycles. The summed E-state index contributed by atoms with van der Waals surface area (Å²) in [4.78, 5) is 2.36. The maximum Gasteiger partial charge on any atom is 0.178 e. The van der Waals surface area contributed by atoms with Crippen LogP contribution in [0.5, 0.6) is 0 Å². The first-order valence-corrected chi connectivity index (χ1v) is 7.54. The van der Waals surface area contributed by atoms with E-state index in [1.54, 1.807) is 19.1 Å². The average Bonchev–Trinajstić information content (AvgIpc) is 2.37. The second-order valence-corrected chi connectivity index (χ2v) is 6.68. The van der Waals surface area contributed by atoms with E-state index in [4.69, 9.17) is 0 Å². The number of anilines is 1. The van der Waals surface area contributed by atoms with Crippen molar-refractivity contribution in [3.63, 3.8) is 0 Å². The van der Waals surface area contributed by atoms with Crippen molar-refractivity contribution in [3.05, 3.63) is 36.4 Å². The number of sulfone groups is 1. The number of fused-ring (bicyclic) bond motifs is 1. The molecule has 0 N–H and O–H groups in total. The fraction of sp³-hybridized carbons (Fsp3) is 0.286. The number of hydrogen-bond acceptors (Lipinski definition) is 3. The summed E-state index contributed by atoms with van der Waals surface area (Å²) < 4.78 is 24.3. The smallest absolute Gasteiger partial charge is 0.178 e. The third-order valence-electron chi connectivity index (χ3n) is 3.04. The molecular weight excluding hydrogens is 246 g/mol. The van der Waals surface area contributed by atoms with Crippen LogP contribution in [0.2, 0.25) is 0 Å². The molecule has 0 aromatic heterocycles. The molecule has 0 spiro atoms.